The van der Waals surface area contributed by atoms with Gasteiger partial charge in [-0.25, -0.2) is 0 Å². The summed E-state index contributed by atoms with van der Waals surface area (Å²) < 4.78 is 0. The van der Waals surface area contributed by atoms with E-state index in [-0.39, 0.29) is 33.0 Å². The average molecular weight is 282 g/mol. The maximum atomic E-state index is 11.1. The summed E-state index contributed by atoms with van der Waals surface area (Å²) >= 11 is 0. The van der Waals surface area contributed by atoms with Crippen LogP contribution in [0.3, 0.4) is 0 Å². The fourth-order valence-electron chi connectivity index (χ4n) is 1.18. The van der Waals surface area contributed by atoms with Crippen molar-refractivity contribution in [2.24, 2.45) is 0 Å². The van der Waals surface area contributed by atoms with Gasteiger partial charge in [-0.15, -0.1) is 5.06 Å². The molecule has 2 rings (SSSR count). The fraction of sp³-hybridized carbons (Fsp3) is 0.100. The number of fused-ring (bicyclic) bond motifs is 1. The predicted molar refractivity (Wildman–Crippen MR) is 52.0 cm³/mol. The molecule has 6 nitrogen and oxygen atoms in total. The molecular formula is C10H9CoNO5. The molecule has 1 aliphatic rings. The number of carbonyl (C=O) groups excluding carboxylic acids is 2. The van der Waals surface area contributed by atoms with E-state index in [2.05, 4.69) is 0 Å². The minimum absolute atomic E-state index is 0. The van der Waals surface area contributed by atoms with E-state index < -0.39 is 17.8 Å². The van der Waals surface area contributed by atoms with Crippen molar-refractivity contribution >= 4 is 17.8 Å². The number of carboxylic acid groups (broad SMARTS) is 1. The van der Waals surface area contributed by atoms with E-state index in [4.69, 9.17) is 15.1 Å². The Balaban J connectivity index is 0.000000453. The van der Waals surface area contributed by atoms with Gasteiger partial charge in [0, 0.05) is 23.7 Å². The van der Waals surface area contributed by atoms with Crippen molar-refractivity contribution in [2.45, 2.75) is 6.92 Å². The van der Waals surface area contributed by atoms with E-state index in [9.17, 15) is 9.59 Å². The Morgan fingerprint density at radius 3 is 1.71 bits per heavy atom. The monoisotopic (exact) mass is 282 g/mol. The van der Waals surface area contributed by atoms with E-state index in [1.165, 1.54) is 12.1 Å². The molecule has 0 fully saturated rings. The SMILES string of the molecule is CC(=O)O.O=C1c2ccccc2C(=O)N1O.[Co]. The second-order valence-corrected chi connectivity index (χ2v) is 2.99. The molecule has 1 aliphatic heterocycles. The predicted octanol–water partition coefficient (Wildman–Crippen LogP) is 0.760. The van der Waals surface area contributed by atoms with Crippen LogP contribution in [0.1, 0.15) is 27.6 Å². The van der Waals surface area contributed by atoms with Crippen LogP contribution in [-0.4, -0.2) is 33.2 Å². The van der Waals surface area contributed by atoms with Crippen LogP contribution in [0, 0.1) is 0 Å². The van der Waals surface area contributed by atoms with E-state index >= 15 is 0 Å². The number of carboxylic acids is 1. The number of amides is 2. The molecule has 2 amide bonds. The Bertz CT molecular complexity index is 421. The second kappa shape index (κ2) is 6.14. The summed E-state index contributed by atoms with van der Waals surface area (Å²) in [5.41, 5.74) is 0.509. The fourth-order valence-corrected chi connectivity index (χ4v) is 1.18. The van der Waals surface area contributed by atoms with Crippen molar-refractivity contribution in [3.63, 3.8) is 0 Å². The van der Waals surface area contributed by atoms with Gasteiger partial charge in [-0.3, -0.25) is 19.6 Å². The van der Waals surface area contributed by atoms with Gasteiger partial charge in [0.2, 0.25) is 0 Å². The molecule has 0 saturated carbocycles. The number of benzene rings is 1. The molecular weight excluding hydrogens is 273 g/mol. The Morgan fingerprint density at radius 2 is 1.41 bits per heavy atom. The van der Waals surface area contributed by atoms with Gasteiger partial charge < -0.3 is 5.11 Å². The molecule has 0 bridgehead atoms. The van der Waals surface area contributed by atoms with Crippen LogP contribution in [0.5, 0.6) is 0 Å². The smallest absolute Gasteiger partial charge is 0.300 e. The van der Waals surface area contributed by atoms with Gasteiger partial charge in [-0.05, 0) is 12.1 Å². The van der Waals surface area contributed by atoms with Crippen LogP contribution in [0.15, 0.2) is 24.3 Å². The molecule has 0 aliphatic carbocycles. The standard InChI is InChI=1S/C8H5NO3.C2H4O2.Co/c10-7-5-3-1-2-4-6(5)8(11)9(7)12;1-2(3)4;/h1-4,12H;1H3,(H,3,4);. The Kier molecular flexibility index (Phi) is 5.52. The van der Waals surface area contributed by atoms with Crippen molar-refractivity contribution in [1.82, 2.24) is 5.06 Å². The number of carbonyl (C=O) groups is 3. The first-order valence-electron chi connectivity index (χ1n) is 4.31. The summed E-state index contributed by atoms with van der Waals surface area (Å²) in [6.07, 6.45) is 0. The van der Waals surface area contributed by atoms with E-state index in [0.717, 1.165) is 6.92 Å². The van der Waals surface area contributed by atoms with Crippen LogP contribution >= 0.6 is 0 Å². The van der Waals surface area contributed by atoms with Crippen LogP contribution in [0.4, 0.5) is 0 Å². The van der Waals surface area contributed by atoms with Gasteiger partial charge in [-0.2, -0.15) is 0 Å². The zero-order valence-corrected chi connectivity index (χ0v) is 9.75. The first-order chi connectivity index (χ1) is 7.45. The molecule has 7 heteroatoms. The van der Waals surface area contributed by atoms with Crippen molar-refractivity contribution in [3.8, 4) is 0 Å². The van der Waals surface area contributed by atoms with Gasteiger partial charge in [0.15, 0.2) is 0 Å². The Morgan fingerprint density at radius 1 is 1.12 bits per heavy atom. The summed E-state index contributed by atoms with van der Waals surface area (Å²) in [5.74, 6) is -2.15. The zero-order chi connectivity index (χ0) is 12.3. The minimum Gasteiger partial charge on any atom is -0.481 e. The number of rotatable bonds is 0. The summed E-state index contributed by atoms with van der Waals surface area (Å²) in [5, 5.41) is 16.5. The largest absolute Gasteiger partial charge is 0.481 e. The normalized spacial score (nSPS) is 12.2. The van der Waals surface area contributed by atoms with Crippen molar-refractivity contribution < 1.29 is 41.5 Å². The molecule has 1 heterocycles. The minimum atomic E-state index is -0.833. The number of hydroxylamine groups is 2. The molecule has 1 aromatic carbocycles. The average Bonchev–Trinajstić information content (AvgIpc) is 2.44. The van der Waals surface area contributed by atoms with Crippen molar-refractivity contribution in [3.05, 3.63) is 35.4 Å². The maximum Gasteiger partial charge on any atom is 0.300 e. The molecule has 93 valence electrons. The van der Waals surface area contributed by atoms with Crippen LogP contribution < -0.4 is 0 Å². The third kappa shape index (κ3) is 3.38. The Labute approximate surface area is 107 Å². The third-order valence-corrected chi connectivity index (χ3v) is 1.77. The van der Waals surface area contributed by atoms with Gasteiger partial charge in [0.25, 0.3) is 17.8 Å². The molecule has 0 spiro atoms. The topological polar surface area (TPSA) is 94.9 Å². The van der Waals surface area contributed by atoms with E-state index in [0.29, 0.717) is 0 Å². The van der Waals surface area contributed by atoms with E-state index in [1.807, 2.05) is 0 Å². The van der Waals surface area contributed by atoms with Gasteiger partial charge in [-0.1, -0.05) is 12.1 Å². The third-order valence-electron chi connectivity index (χ3n) is 1.77. The van der Waals surface area contributed by atoms with Gasteiger partial charge >= 0.3 is 0 Å². The summed E-state index contributed by atoms with van der Waals surface area (Å²) in [6, 6.07) is 6.30. The number of imide groups is 1. The van der Waals surface area contributed by atoms with Gasteiger partial charge in [0.05, 0.1) is 11.1 Å². The van der Waals surface area contributed by atoms with Crippen molar-refractivity contribution in [2.75, 3.05) is 0 Å². The Hall–Kier alpha value is -1.70. The maximum absolute atomic E-state index is 11.1. The molecule has 0 unspecified atom stereocenters. The molecule has 0 atom stereocenters. The van der Waals surface area contributed by atoms with E-state index in [1.54, 1.807) is 12.1 Å². The summed E-state index contributed by atoms with van der Waals surface area (Å²) in [6.45, 7) is 1.08. The van der Waals surface area contributed by atoms with Crippen LogP contribution in [0.2, 0.25) is 0 Å². The molecule has 17 heavy (non-hydrogen) atoms. The quantitative estimate of drug-likeness (QED) is 0.541. The van der Waals surface area contributed by atoms with Crippen molar-refractivity contribution in [1.29, 1.82) is 0 Å². The van der Waals surface area contributed by atoms with Gasteiger partial charge in [0.1, 0.15) is 0 Å². The number of hydrogen-bond acceptors (Lipinski definition) is 4. The van der Waals surface area contributed by atoms with Crippen LogP contribution in [0.25, 0.3) is 0 Å². The first-order valence-corrected chi connectivity index (χ1v) is 4.31. The second-order valence-electron chi connectivity index (χ2n) is 2.99. The summed E-state index contributed by atoms with van der Waals surface area (Å²) in [4.78, 5) is 31.1. The molecule has 1 aromatic rings. The molecule has 1 radical (unpaired) electrons. The zero-order valence-electron chi connectivity index (χ0n) is 8.71. The number of aliphatic carboxylic acids is 1. The summed E-state index contributed by atoms with van der Waals surface area (Å²) in [7, 11) is 0. The molecule has 2 N–H and O–H groups in total. The first kappa shape index (κ1) is 15.3. The molecule has 0 aromatic heterocycles. The number of nitrogens with zero attached hydrogens (tertiary/aromatic N) is 1. The number of hydrogen-bond donors (Lipinski definition) is 2. The van der Waals surface area contributed by atoms with Crippen LogP contribution in [-0.2, 0) is 21.6 Å². The molecule has 0 saturated heterocycles.